The maximum absolute atomic E-state index is 5.67. The number of nitrogens with zero attached hydrogens (tertiary/aromatic N) is 2. The largest absolute Gasteiger partial charge is 0.420 e. The van der Waals surface area contributed by atoms with Gasteiger partial charge in [-0.3, -0.25) is 0 Å². The van der Waals surface area contributed by atoms with E-state index in [0.29, 0.717) is 18.2 Å². The van der Waals surface area contributed by atoms with Crippen LogP contribution < -0.4 is 5.46 Å². The number of hydrogen-bond acceptors (Lipinski definition) is 4. The van der Waals surface area contributed by atoms with Crippen molar-refractivity contribution in [2.75, 3.05) is 0 Å². The molecule has 0 spiro atoms. The first kappa shape index (κ1) is 11.2. The van der Waals surface area contributed by atoms with Crippen LogP contribution in [0.25, 0.3) is 11.5 Å². The fourth-order valence-corrected chi connectivity index (χ4v) is 2.37. The number of hydrogen-bond donors (Lipinski definition) is 0. The Kier molecular flexibility index (Phi) is 2.98. The lowest BCUT2D eigenvalue weighted by molar-refractivity contribution is 0.518. The average Bonchev–Trinajstić information content (AvgIpc) is 3.02. The molecule has 2 aromatic heterocycles. The first-order valence-electron chi connectivity index (χ1n) is 5.72. The van der Waals surface area contributed by atoms with Crippen molar-refractivity contribution >= 4 is 24.6 Å². The van der Waals surface area contributed by atoms with Gasteiger partial charge < -0.3 is 4.42 Å². The minimum Gasteiger partial charge on any atom is -0.420 e. The Hall–Kier alpha value is -1.88. The highest BCUT2D eigenvalue weighted by molar-refractivity contribution is 7.07. The van der Waals surface area contributed by atoms with E-state index in [1.54, 1.807) is 11.3 Å². The van der Waals surface area contributed by atoms with Gasteiger partial charge in [-0.2, -0.15) is 11.3 Å². The molecular formula is C13H11BN2OS. The zero-order valence-electron chi connectivity index (χ0n) is 9.96. The summed E-state index contributed by atoms with van der Waals surface area (Å²) < 4.78 is 5.67. The van der Waals surface area contributed by atoms with Crippen molar-refractivity contribution in [3.05, 3.63) is 52.5 Å². The lowest BCUT2D eigenvalue weighted by Crippen LogP contribution is -1.99. The van der Waals surface area contributed by atoms with Gasteiger partial charge in [-0.1, -0.05) is 29.7 Å². The summed E-state index contributed by atoms with van der Waals surface area (Å²) >= 11 is 1.67. The van der Waals surface area contributed by atoms with E-state index < -0.39 is 0 Å². The maximum Gasteiger partial charge on any atom is 0.247 e. The molecule has 5 heteroatoms. The van der Waals surface area contributed by atoms with Crippen LogP contribution in [0.4, 0.5) is 0 Å². The van der Waals surface area contributed by atoms with Gasteiger partial charge in [0.15, 0.2) is 0 Å². The molecule has 3 aromatic rings. The van der Waals surface area contributed by atoms with E-state index in [0.717, 1.165) is 5.56 Å². The van der Waals surface area contributed by atoms with Gasteiger partial charge in [0.05, 0.1) is 6.42 Å². The third-order valence-electron chi connectivity index (χ3n) is 2.70. The summed E-state index contributed by atoms with van der Waals surface area (Å²) in [6.07, 6.45) is 0.697. The van der Waals surface area contributed by atoms with Crippen molar-refractivity contribution < 1.29 is 4.42 Å². The monoisotopic (exact) mass is 254 g/mol. The van der Waals surface area contributed by atoms with E-state index in [2.05, 4.69) is 29.5 Å². The first-order chi connectivity index (χ1) is 8.81. The Labute approximate surface area is 110 Å². The lowest BCUT2D eigenvalue weighted by Gasteiger charge is -1.95. The predicted molar refractivity (Wildman–Crippen MR) is 75.0 cm³/mol. The van der Waals surface area contributed by atoms with E-state index in [1.165, 1.54) is 11.0 Å². The van der Waals surface area contributed by atoms with Gasteiger partial charge in [-0.15, -0.1) is 10.2 Å². The van der Waals surface area contributed by atoms with Crippen molar-refractivity contribution in [2.45, 2.75) is 6.42 Å². The number of rotatable bonds is 3. The molecule has 0 saturated carbocycles. The zero-order valence-corrected chi connectivity index (χ0v) is 10.8. The number of aromatic nitrogens is 2. The molecule has 3 rings (SSSR count). The van der Waals surface area contributed by atoms with Gasteiger partial charge in [0.1, 0.15) is 7.85 Å². The second kappa shape index (κ2) is 4.78. The summed E-state index contributed by atoms with van der Waals surface area (Å²) in [5, 5.41) is 12.3. The summed E-state index contributed by atoms with van der Waals surface area (Å²) in [6.45, 7) is 0. The Morgan fingerprint density at radius 2 is 1.94 bits per heavy atom. The molecule has 0 aliphatic carbocycles. The van der Waals surface area contributed by atoms with Crippen LogP contribution in [0.5, 0.6) is 0 Å². The molecule has 0 aliphatic heterocycles. The van der Waals surface area contributed by atoms with Crippen molar-refractivity contribution in [1.29, 1.82) is 0 Å². The van der Waals surface area contributed by atoms with E-state index in [9.17, 15) is 0 Å². The minimum atomic E-state index is 0.584. The molecule has 88 valence electrons. The average molecular weight is 254 g/mol. The molecule has 18 heavy (non-hydrogen) atoms. The van der Waals surface area contributed by atoms with Crippen molar-refractivity contribution in [2.24, 2.45) is 0 Å². The highest BCUT2D eigenvalue weighted by Crippen LogP contribution is 2.18. The van der Waals surface area contributed by atoms with Gasteiger partial charge in [0.25, 0.3) is 0 Å². The van der Waals surface area contributed by atoms with E-state index in [-0.39, 0.29) is 0 Å². The molecule has 0 atom stereocenters. The van der Waals surface area contributed by atoms with Gasteiger partial charge in [0.2, 0.25) is 11.8 Å². The van der Waals surface area contributed by atoms with Gasteiger partial charge in [-0.25, -0.2) is 0 Å². The fraction of sp³-hybridized carbons (Fsp3) is 0.0769. The second-order valence-corrected chi connectivity index (χ2v) is 4.96. The molecule has 1 aromatic carbocycles. The van der Waals surface area contributed by atoms with Crippen LogP contribution in [0.15, 0.2) is 45.5 Å². The zero-order chi connectivity index (χ0) is 12.4. The Bertz CT molecular complexity index is 631. The molecule has 0 aliphatic rings. The molecule has 0 unspecified atom stereocenters. The molecule has 0 fully saturated rings. The van der Waals surface area contributed by atoms with Gasteiger partial charge in [-0.05, 0) is 22.4 Å². The van der Waals surface area contributed by atoms with Crippen LogP contribution in [0.1, 0.15) is 11.5 Å². The molecule has 3 nitrogen and oxygen atoms in total. The summed E-state index contributed by atoms with van der Waals surface area (Å²) in [4.78, 5) is 0. The standard InChI is InChI=1S/C13H11BN2OS/c14-11-3-1-10(2-4-11)13-16-15-12(17-13)7-9-5-6-18-8-9/h1-6,8H,7,14H2. The summed E-state index contributed by atoms with van der Waals surface area (Å²) in [5.41, 5.74) is 3.39. The highest BCUT2D eigenvalue weighted by Gasteiger charge is 2.08. The van der Waals surface area contributed by atoms with E-state index in [4.69, 9.17) is 4.42 Å². The van der Waals surface area contributed by atoms with Gasteiger partial charge >= 0.3 is 0 Å². The minimum absolute atomic E-state index is 0.584. The highest BCUT2D eigenvalue weighted by atomic mass is 32.1. The SMILES string of the molecule is Bc1ccc(-c2nnc(Cc3ccsc3)o2)cc1. The Balaban J connectivity index is 1.83. The van der Waals surface area contributed by atoms with Crippen LogP contribution in [0.3, 0.4) is 0 Å². The lowest BCUT2D eigenvalue weighted by atomic mass is 9.95. The van der Waals surface area contributed by atoms with Crippen LogP contribution in [-0.2, 0) is 6.42 Å². The van der Waals surface area contributed by atoms with E-state index >= 15 is 0 Å². The topological polar surface area (TPSA) is 38.9 Å². The van der Waals surface area contributed by atoms with Crippen molar-refractivity contribution in [3.8, 4) is 11.5 Å². The smallest absolute Gasteiger partial charge is 0.247 e. The van der Waals surface area contributed by atoms with Gasteiger partial charge in [0, 0.05) is 5.56 Å². The van der Waals surface area contributed by atoms with Crippen LogP contribution in [0, 0.1) is 0 Å². The second-order valence-electron chi connectivity index (χ2n) is 4.18. The first-order valence-corrected chi connectivity index (χ1v) is 6.66. The Morgan fingerprint density at radius 1 is 1.11 bits per heavy atom. The van der Waals surface area contributed by atoms with Crippen LogP contribution in [-0.4, -0.2) is 18.0 Å². The molecular weight excluding hydrogens is 243 g/mol. The van der Waals surface area contributed by atoms with E-state index in [1.807, 2.05) is 29.6 Å². The Morgan fingerprint density at radius 3 is 2.67 bits per heavy atom. The summed E-state index contributed by atoms with van der Waals surface area (Å²) in [5.74, 6) is 1.24. The molecule has 0 amide bonds. The third kappa shape index (κ3) is 2.36. The molecule has 2 heterocycles. The fourth-order valence-electron chi connectivity index (χ4n) is 1.71. The van der Waals surface area contributed by atoms with Crippen LogP contribution >= 0.6 is 11.3 Å². The number of benzene rings is 1. The molecule has 0 saturated heterocycles. The molecule has 0 N–H and O–H groups in total. The number of thiophene rings is 1. The maximum atomic E-state index is 5.67. The van der Waals surface area contributed by atoms with Crippen LogP contribution in [0.2, 0.25) is 0 Å². The van der Waals surface area contributed by atoms with Crippen molar-refractivity contribution in [1.82, 2.24) is 10.2 Å². The normalized spacial score (nSPS) is 10.7. The summed E-state index contributed by atoms with van der Waals surface area (Å²) in [6, 6.07) is 10.1. The third-order valence-corrected chi connectivity index (χ3v) is 3.43. The quantitative estimate of drug-likeness (QED) is 0.667. The van der Waals surface area contributed by atoms with Crippen molar-refractivity contribution in [3.63, 3.8) is 0 Å². The predicted octanol–water partition coefficient (Wildman–Crippen LogP) is 1.65. The molecule has 0 radical (unpaired) electrons. The summed E-state index contributed by atoms with van der Waals surface area (Å²) in [7, 11) is 2.06. The molecule has 0 bridgehead atoms.